The SMILES string of the molecule is CCNC(=NCC(C)(C)N(C)C)NCCC(C)c1ccc(OC)cc1.I. The lowest BCUT2D eigenvalue weighted by atomic mass is 9.98. The molecule has 5 nitrogen and oxygen atoms in total. The molecular weight excluding hydrogens is 439 g/mol. The molecule has 0 fully saturated rings. The topological polar surface area (TPSA) is 48.9 Å². The van der Waals surface area contributed by atoms with Gasteiger partial charge in [-0.15, -0.1) is 24.0 Å². The Morgan fingerprint density at radius 1 is 1.19 bits per heavy atom. The molecule has 0 spiro atoms. The maximum absolute atomic E-state index is 5.22. The number of hydrogen-bond donors (Lipinski definition) is 2. The summed E-state index contributed by atoms with van der Waals surface area (Å²) in [5.41, 5.74) is 1.37. The third kappa shape index (κ3) is 8.58. The number of ether oxygens (including phenoxy) is 1. The van der Waals surface area contributed by atoms with Crippen molar-refractivity contribution in [3.63, 3.8) is 0 Å². The highest BCUT2D eigenvalue weighted by atomic mass is 127. The van der Waals surface area contributed by atoms with Crippen molar-refractivity contribution >= 4 is 29.9 Å². The first-order chi connectivity index (χ1) is 11.8. The molecular formula is C20H37IN4O. The monoisotopic (exact) mass is 476 g/mol. The van der Waals surface area contributed by atoms with Crippen LogP contribution in [0.25, 0.3) is 0 Å². The molecule has 1 aromatic rings. The summed E-state index contributed by atoms with van der Waals surface area (Å²) >= 11 is 0. The molecule has 2 N–H and O–H groups in total. The van der Waals surface area contributed by atoms with Crippen LogP contribution < -0.4 is 15.4 Å². The highest BCUT2D eigenvalue weighted by Crippen LogP contribution is 2.21. The lowest BCUT2D eigenvalue weighted by molar-refractivity contribution is 0.204. The van der Waals surface area contributed by atoms with Crippen molar-refractivity contribution in [3.8, 4) is 5.75 Å². The summed E-state index contributed by atoms with van der Waals surface area (Å²) in [5, 5.41) is 6.78. The summed E-state index contributed by atoms with van der Waals surface area (Å²) in [7, 11) is 5.88. The lowest BCUT2D eigenvalue weighted by Gasteiger charge is -2.31. The van der Waals surface area contributed by atoms with Gasteiger partial charge in [-0.3, -0.25) is 4.99 Å². The second-order valence-electron chi connectivity index (χ2n) is 7.29. The van der Waals surface area contributed by atoms with Crippen LogP contribution in [0.3, 0.4) is 0 Å². The van der Waals surface area contributed by atoms with E-state index in [-0.39, 0.29) is 29.5 Å². The van der Waals surface area contributed by atoms with Gasteiger partial charge >= 0.3 is 0 Å². The highest BCUT2D eigenvalue weighted by molar-refractivity contribution is 14.0. The van der Waals surface area contributed by atoms with Crippen molar-refractivity contribution in [2.75, 3.05) is 40.8 Å². The molecule has 0 bridgehead atoms. The number of benzene rings is 1. The van der Waals surface area contributed by atoms with Gasteiger partial charge in [0.25, 0.3) is 0 Å². The van der Waals surface area contributed by atoms with E-state index in [1.165, 1.54) is 5.56 Å². The van der Waals surface area contributed by atoms with Crippen LogP contribution in [-0.4, -0.2) is 57.2 Å². The zero-order chi connectivity index (χ0) is 18.9. The second-order valence-corrected chi connectivity index (χ2v) is 7.29. The smallest absolute Gasteiger partial charge is 0.191 e. The van der Waals surface area contributed by atoms with Crippen LogP contribution >= 0.6 is 24.0 Å². The number of likely N-dealkylation sites (N-methyl/N-ethyl adjacent to an activating group) is 1. The minimum Gasteiger partial charge on any atom is -0.497 e. The average molecular weight is 476 g/mol. The minimum absolute atomic E-state index is 0. The summed E-state index contributed by atoms with van der Waals surface area (Å²) in [6.45, 7) is 11.3. The van der Waals surface area contributed by atoms with Gasteiger partial charge in [-0.25, -0.2) is 0 Å². The molecule has 0 heterocycles. The van der Waals surface area contributed by atoms with Crippen molar-refractivity contribution < 1.29 is 4.74 Å². The quantitative estimate of drug-likeness (QED) is 0.324. The molecule has 1 atom stereocenters. The zero-order valence-electron chi connectivity index (χ0n) is 17.4. The number of methoxy groups -OCH3 is 1. The van der Waals surface area contributed by atoms with E-state index in [1.54, 1.807) is 7.11 Å². The molecule has 26 heavy (non-hydrogen) atoms. The maximum Gasteiger partial charge on any atom is 0.191 e. The first kappa shape index (κ1) is 25.0. The normalized spacial score (nSPS) is 13.2. The van der Waals surface area contributed by atoms with Gasteiger partial charge in [0.2, 0.25) is 0 Å². The fourth-order valence-corrected chi connectivity index (χ4v) is 2.26. The Bertz CT molecular complexity index is 529. The van der Waals surface area contributed by atoms with Gasteiger partial charge in [0, 0.05) is 18.6 Å². The summed E-state index contributed by atoms with van der Waals surface area (Å²) in [4.78, 5) is 6.94. The maximum atomic E-state index is 5.22. The fraction of sp³-hybridized carbons (Fsp3) is 0.650. The second kappa shape index (κ2) is 12.4. The largest absolute Gasteiger partial charge is 0.497 e. The van der Waals surface area contributed by atoms with Crippen molar-refractivity contribution in [1.29, 1.82) is 0 Å². The molecule has 0 aliphatic heterocycles. The molecule has 1 rings (SSSR count). The van der Waals surface area contributed by atoms with Gasteiger partial charge in [-0.2, -0.15) is 0 Å². The first-order valence-electron chi connectivity index (χ1n) is 9.13. The van der Waals surface area contributed by atoms with Crippen molar-refractivity contribution in [2.24, 2.45) is 4.99 Å². The Hall–Kier alpha value is -1.02. The van der Waals surface area contributed by atoms with Crippen LogP contribution in [0.1, 0.15) is 45.6 Å². The predicted octanol–water partition coefficient (Wildman–Crippen LogP) is 3.70. The zero-order valence-corrected chi connectivity index (χ0v) is 19.8. The number of nitrogens with one attached hydrogen (secondary N) is 2. The summed E-state index contributed by atoms with van der Waals surface area (Å²) < 4.78 is 5.22. The fourth-order valence-electron chi connectivity index (χ4n) is 2.26. The molecule has 0 saturated heterocycles. The highest BCUT2D eigenvalue weighted by Gasteiger charge is 2.19. The lowest BCUT2D eigenvalue weighted by Crippen LogP contribution is -2.44. The van der Waals surface area contributed by atoms with E-state index in [0.29, 0.717) is 5.92 Å². The van der Waals surface area contributed by atoms with E-state index in [9.17, 15) is 0 Å². The van der Waals surface area contributed by atoms with Crippen LogP contribution in [0.4, 0.5) is 0 Å². The van der Waals surface area contributed by atoms with Crippen LogP contribution in [0.2, 0.25) is 0 Å². The van der Waals surface area contributed by atoms with Crippen LogP contribution in [0.5, 0.6) is 5.75 Å². The molecule has 1 unspecified atom stereocenters. The Balaban J connectivity index is 0.00000625. The molecule has 0 aliphatic carbocycles. The van der Waals surface area contributed by atoms with Crippen molar-refractivity contribution in [3.05, 3.63) is 29.8 Å². The number of aliphatic imine (C=N–C) groups is 1. The predicted molar refractivity (Wildman–Crippen MR) is 123 cm³/mol. The molecule has 6 heteroatoms. The molecule has 0 amide bonds. The Labute approximate surface area is 177 Å². The molecule has 0 aromatic heterocycles. The van der Waals surface area contributed by atoms with Gasteiger partial charge in [-0.1, -0.05) is 19.1 Å². The van der Waals surface area contributed by atoms with Crippen LogP contribution in [0, 0.1) is 0 Å². The number of hydrogen-bond acceptors (Lipinski definition) is 3. The minimum atomic E-state index is 0. The molecule has 150 valence electrons. The Morgan fingerprint density at radius 2 is 1.81 bits per heavy atom. The van der Waals surface area contributed by atoms with Gasteiger partial charge in [0.15, 0.2) is 5.96 Å². The Morgan fingerprint density at radius 3 is 2.31 bits per heavy atom. The van der Waals surface area contributed by atoms with Crippen molar-refractivity contribution in [2.45, 2.75) is 45.6 Å². The van der Waals surface area contributed by atoms with E-state index >= 15 is 0 Å². The van der Waals surface area contributed by atoms with Gasteiger partial charge in [0.1, 0.15) is 5.75 Å². The summed E-state index contributed by atoms with van der Waals surface area (Å²) in [6, 6.07) is 8.33. The van der Waals surface area contributed by atoms with E-state index in [2.05, 4.69) is 69.5 Å². The number of rotatable bonds is 9. The molecule has 0 aliphatic rings. The van der Waals surface area contributed by atoms with E-state index in [0.717, 1.165) is 37.8 Å². The Kier molecular flexibility index (Phi) is 11.9. The van der Waals surface area contributed by atoms with Gasteiger partial charge < -0.3 is 20.3 Å². The van der Waals surface area contributed by atoms with Gasteiger partial charge in [0.05, 0.1) is 13.7 Å². The third-order valence-corrected chi connectivity index (χ3v) is 4.73. The van der Waals surface area contributed by atoms with Crippen molar-refractivity contribution in [1.82, 2.24) is 15.5 Å². The molecule has 0 radical (unpaired) electrons. The number of guanidine groups is 1. The number of nitrogens with zero attached hydrogens (tertiary/aromatic N) is 2. The standard InChI is InChI=1S/C20H36N4O.HI/c1-8-21-19(23-15-20(3,4)24(5)6)22-14-13-16(2)17-9-11-18(25-7)12-10-17;/h9-12,16H,8,13-15H2,1-7H3,(H2,21,22,23);1H. The summed E-state index contributed by atoms with van der Waals surface area (Å²) in [5.74, 6) is 2.28. The van der Waals surface area contributed by atoms with Gasteiger partial charge in [-0.05, 0) is 64.9 Å². The van der Waals surface area contributed by atoms with E-state index in [4.69, 9.17) is 9.73 Å². The number of halogens is 1. The third-order valence-electron chi connectivity index (χ3n) is 4.73. The van der Waals surface area contributed by atoms with E-state index in [1.807, 2.05) is 12.1 Å². The average Bonchev–Trinajstić information content (AvgIpc) is 2.59. The van der Waals surface area contributed by atoms with E-state index < -0.39 is 0 Å². The molecule has 1 aromatic carbocycles. The van der Waals surface area contributed by atoms with Crippen LogP contribution in [-0.2, 0) is 0 Å². The summed E-state index contributed by atoms with van der Waals surface area (Å²) in [6.07, 6.45) is 1.05. The van der Waals surface area contributed by atoms with Crippen LogP contribution in [0.15, 0.2) is 29.3 Å². The first-order valence-corrected chi connectivity index (χ1v) is 9.13. The molecule has 0 saturated carbocycles.